The minimum Gasteiger partial charge on any atom is -0.494 e. The quantitative estimate of drug-likeness (QED) is 0.0138. The van der Waals surface area contributed by atoms with Gasteiger partial charge >= 0.3 is 27.1 Å². The van der Waals surface area contributed by atoms with E-state index < -0.39 is 62.9 Å². The van der Waals surface area contributed by atoms with E-state index in [1.54, 1.807) is 74.8 Å². The van der Waals surface area contributed by atoms with Crippen LogP contribution in [0, 0.1) is 0 Å². The van der Waals surface area contributed by atoms with Gasteiger partial charge in [0.25, 0.3) is 16.9 Å². The minimum atomic E-state index is -5.54. The molecule has 0 fully saturated rings. The fourth-order valence-corrected chi connectivity index (χ4v) is 8.52. The van der Waals surface area contributed by atoms with Crippen LogP contribution in [0.3, 0.4) is 0 Å². The molecule has 1 unspecified atom stereocenters. The maximum Gasteiger partial charge on any atom is 0.369 e. The molecule has 368 valence electrons. The van der Waals surface area contributed by atoms with E-state index in [-0.39, 0.29) is 54.7 Å². The Kier molecular flexibility index (Phi) is 18.0. The Bertz CT molecular complexity index is 2730. The summed E-state index contributed by atoms with van der Waals surface area (Å²) in [5, 5.41) is 22.4. The zero-order chi connectivity index (χ0) is 50.5. The number of hydrogen-bond acceptors (Lipinski definition) is 18. The van der Waals surface area contributed by atoms with Crippen LogP contribution < -0.4 is 31.8 Å². The lowest BCUT2D eigenvalue weighted by molar-refractivity contribution is -0.147. The van der Waals surface area contributed by atoms with Crippen molar-refractivity contribution in [3.05, 3.63) is 107 Å². The molecule has 3 aromatic carbocycles. The first-order chi connectivity index (χ1) is 32.5. The molecule has 5 aromatic rings. The number of anilines is 3. The zero-order valence-corrected chi connectivity index (χ0v) is 38.9. The Balaban J connectivity index is 1.06. The van der Waals surface area contributed by atoms with E-state index >= 15 is 0 Å². The van der Waals surface area contributed by atoms with E-state index in [1.807, 2.05) is 4.90 Å². The molecule has 0 radical (unpaired) electrons. The number of ether oxygens (including phenoxy) is 2. The fraction of sp³-hybridized carbons (Fsp3) is 0.310. The molecule has 1 atom stereocenters. The van der Waals surface area contributed by atoms with Gasteiger partial charge in [-0.3, -0.25) is 23.5 Å². The molecular weight excluding hydrogens is 944 g/mol. The van der Waals surface area contributed by atoms with Crippen molar-refractivity contribution in [2.45, 2.75) is 50.0 Å². The lowest BCUT2D eigenvalue weighted by Crippen LogP contribution is -2.42. The van der Waals surface area contributed by atoms with Crippen LogP contribution in [0.1, 0.15) is 63.2 Å². The van der Waals surface area contributed by atoms with Crippen LogP contribution in [0.2, 0.25) is 0 Å². The SMILES string of the molecule is CN(CCCOc1cccc(/C=N/NC(=O)c2ccc(COC(=O)C(CCC(=O)O)NC(=O)c3ccc(N(C)Cc4cnc5nc(N)nc(N)c5n4)cc3)cc2)c1)CCC(O)(P(=O)(O)O)P(=O)(O)O. The van der Waals surface area contributed by atoms with E-state index in [2.05, 4.69) is 35.8 Å². The molecule has 0 saturated carbocycles. The summed E-state index contributed by atoms with van der Waals surface area (Å²) in [5.74, 6) is -2.67. The van der Waals surface area contributed by atoms with Crippen molar-refractivity contribution in [3.63, 3.8) is 0 Å². The van der Waals surface area contributed by atoms with Gasteiger partial charge in [-0.2, -0.15) is 15.1 Å². The number of carboxylic acids is 1. The first-order valence-corrected chi connectivity index (χ1v) is 24.0. The second kappa shape index (κ2) is 23.4. The van der Waals surface area contributed by atoms with Crippen molar-refractivity contribution in [1.29, 1.82) is 0 Å². The topological polar surface area (TPSA) is 389 Å². The van der Waals surface area contributed by atoms with Gasteiger partial charge in [0, 0.05) is 49.8 Å². The largest absolute Gasteiger partial charge is 0.494 e. The third-order valence-corrected chi connectivity index (χ3v) is 14.1. The maximum absolute atomic E-state index is 13.2. The molecule has 0 aliphatic carbocycles. The molecule has 12 N–H and O–H groups in total. The Morgan fingerprint density at radius 1 is 0.899 bits per heavy atom. The van der Waals surface area contributed by atoms with E-state index in [1.165, 1.54) is 29.4 Å². The third-order valence-electron chi connectivity index (χ3n) is 10.3. The standard InChI is InChI=1S/C42H51N11O14P2/c1-52(19-17-42(59,68(60,61)62)69(63,64)65)18-4-20-66-32-6-3-5-27(21-32)22-46-51-39(57)29-9-7-26(8-10-29)25-67-40(58)33(15-16-34(54)55)48-38(56)28-11-13-31(14-12-28)53(2)24-30-23-45-37-35(47-30)36(43)49-41(44)50-37/h3,5-14,21-23,33,59H,4,15-20,24-25H2,1-2H3,(H,48,56)(H,51,57)(H,54,55)(H2,60,61,62)(H2,63,64,65)(H4,43,44,45,49,50)/b46-22+. The number of carbonyl (C=O) groups is 4. The number of esters is 1. The molecule has 0 aliphatic heterocycles. The number of aromatic nitrogens is 4. The third kappa shape index (κ3) is 15.0. The number of benzene rings is 3. The molecule has 0 aliphatic rings. The minimum absolute atomic E-state index is 0.0170. The van der Waals surface area contributed by atoms with Gasteiger partial charge in [-0.1, -0.05) is 24.3 Å². The summed E-state index contributed by atoms with van der Waals surface area (Å²) in [5.41, 5.74) is 17.4. The van der Waals surface area contributed by atoms with E-state index in [9.17, 15) is 58.1 Å². The Morgan fingerprint density at radius 2 is 1.57 bits per heavy atom. The van der Waals surface area contributed by atoms with E-state index in [4.69, 9.17) is 20.9 Å². The number of nitrogens with two attached hydrogens (primary N) is 2. The number of fused-ring (bicyclic) bond motifs is 1. The summed E-state index contributed by atoms with van der Waals surface area (Å²) in [6.45, 7) is 0.360. The van der Waals surface area contributed by atoms with Crippen molar-refractivity contribution in [3.8, 4) is 5.75 Å². The highest BCUT2D eigenvalue weighted by molar-refractivity contribution is 7.72. The van der Waals surface area contributed by atoms with Gasteiger partial charge in [-0.15, -0.1) is 0 Å². The molecule has 2 amide bonds. The number of carboxylic acid groups (broad SMARTS) is 1. The summed E-state index contributed by atoms with van der Waals surface area (Å²) in [6, 6.07) is 18.0. The predicted molar refractivity (Wildman–Crippen MR) is 250 cm³/mol. The van der Waals surface area contributed by atoms with Crippen LogP contribution in [-0.4, -0.2) is 130 Å². The molecule has 69 heavy (non-hydrogen) atoms. The van der Waals surface area contributed by atoms with Gasteiger partial charge in [0.15, 0.2) is 17.0 Å². The molecular formula is C42H51N11O14P2. The number of rotatable bonds is 24. The number of carbonyl (C=O) groups excluding carboxylic acids is 3. The number of aliphatic hydroxyl groups is 1. The number of hydrogen-bond donors (Lipinski definition) is 10. The molecule has 0 saturated heterocycles. The molecule has 2 heterocycles. The smallest absolute Gasteiger partial charge is 0.369 e. The average molecular weight is 996 g/mol. The summed E-state index contributed by atoms with van der Waals surface area (Å²) in [4.78, 5) is 108. The van der Waals surface area contributed by atoms with E-state index in [0.717, 1.165) is 0 Å². The highest BCUT2D eigenvalue weighted by Crippen LogP contribution is 2.68. The van der Waals surface area contributed by atoms with Gasteiger partial charge in [-0.25, -0.2) is 20.2 Å². The Morgan fingerprint density at radius 3 is 2.23 bits per heavy atom. The van der Waals surface area contributed by atoms with Crippen LogP contribution in [0.15, 0.2) is 84.1 Å². The summed E-state index contributed by atoms with van der Waals surface area (Å²) in [6.07, 6.45) is 1.82. The molecule has 0 bridgehead atoms. The van der Waals surface area contributed by atoms with Gasteiger partial charge in [-0.05, 0) is 79.5 Å². The number of nitrogens with zero attached hydrogens (tertiary/aromatic N) is 7. The molecule has 27 heteroatoms. The number of aliphatic carboxylic acids is 1. The van der Waals surface area contributed by atoms with Crippen molar-refractivity contribution >= 4 is 73.8 Å². The van der Waals surface area contributed by atoms with Gasteiger partial charge in [0.2, 0.25) is 5.95 Å². The number of nitrogens with one attached hydrogen (secondary N) is 2. The highest BCUT2D eigenvalue weighted by Gasteiger charge is 2.58. The zero-order valence-electron chi connectivity index (χ0n) is 37.2. The Labute approximate surface area is 393 Å². The molecule has 0 spiro atoms. The lowest BCUT2D eigenvalue weighted by atomic mass is 10.1. The summed E-state index contributed by atoms with van der Waals surface area (Å²) >= 11 is 0. The van der Waals surface area contributed by atoms with Gasteiger partial charge in [0.05, 0.1) is 31.3 Å². The molecule has 2 aromatic heterocycles. The van der Waals surface area contributed by atoms with Gasteiger partial charge in [0.1, 0.15) is 18.4 Å². The van der Waals surface area contributed by atoms with Crippen LogP contribution in [-0.2, 0) is 36.6 Å². The average Bonchev–Trinajstić information content (AvgIpc) is 3.29. The lowest BCUT2D eigenvalue weighted by Gasteiger charge is -2.30. The monoisotopic (exact) mass is 995 g/mol. The van der Waals surface area contributed by atoms with Crippen LogP contribution in [0.4, 0.5) is 17.5 Å². The van der Waals surface area contributed by atoms with E-state index in [0.29, 0.717) is 53.3 Å². The molecule has 25 nitrogen and oxygen atoms in total. The second-order valence-electron chi connectivity index (χ2n) is 15.6. The van der Waals surface area contributed by atoms with Crippen molar-refractivity contribution < 1.29 is 67.6 Å². The van der Waals surface area contributed by atoms with Crippen molar-refractivity contribution in [2.75, 3.05) is 50.2 Å². The van der Waals surface area contributed by atoms with Crippen molar-refractivity contribution in [1.82, 2.24) is 35.6 Å². The highest BCUT2D eigenvalue weighted by atomic mass is 31.2. The first-order valence-electron chi connectivity index (χ1n) is 20.8. The number of hydrazone groups is 1. The molecule has 5 rings (SSSR count). The summed E-state index contributed by atoms with van der Waals surface area (Å²) < 4.78 is 34.3. The first kappa shape index (κ1) is 53.0. The van der Waals surface area contributed by atoms with Crippen molar-refractivity contribution in [2.24, 2.45) is 5.10 Å². The second-order valence-corrected chi connectivity index (χ2v) is 19.6. The number of amides is 2. The van der Waals surface area contributed by atoms with Gasteiger partial charge < -0.3 is 65.8 Å². The van der Waals surface area contributed by atoms with Crippen LogP contribution in [0.5, 0.6) is 5.75 Å². The van der Waals surface area contributed by atoms with Crippen LogP contribution in [0.25, 0.3) is 11.2 Å². The normalized spacial score (nSPS) is 12.5. The predicted octanol–water partition coefficient (Wildman–Crippen LogP) is 1.78. The fourth-order valence-electron chi connectivity index (χ4n) is 6.38. The maximum atomic E-state index is 13.2. The number of nitrogen functional groups attached to an aromatic ring is 2. The van der Waals surface area contributed by atoms with Crippen LogP contribution >= 0.6 is 15.2 Å². The Hall–Kier alpha value is -6.95. The summed E-state index contributed by atoms with van der Waals surface area (Å²) in [7, 11) is -7.73.